The lowest BCUT2D eigenvalue weighted by Gasteiger charge is -2.26. The maximum absolute atomic E-state index is 11.8. The van der Waals surface area contributed by atoms with Crippen LogP contribution in [0.4, 0.5) is 0 Å². The van der Waals surface area contributed by atoms with Crippen LogP contribution in [-0.2, 0) is 14.3 Å². The zero-order valence-corrected chi connectivity index (χ0v) is 15.0. The van der Waals surface area contributed by atoms with E-state index >= 15 is 0 Å². The number of nitrogens with zero attached hydrogens (tertiary/aromatic N) is 1. The molecular weight excluding hydrogens is 316 g/mol. The summed E-state index contributed by atoms with van der Waals surface area (Å²) in [5.41, 5.74) is 3.39. The largest absolute Gasteiger partial charge is 0.452 e. The molecule has 0 unspecified atom stereocenters. The predicted octanol–water partition coefficient (Wildman–Crippen LogP) is 2.92. The number of hydrogen-bond donors (Lipinski definition) is 1. The Morgan fingerprint density at radius 2 is 2.08 bits per heavy atom. The molecule has 1 N–H and O–H groups in total. The van der Waals surface area contributed by atoms with Gasteiger partial charge in [0.05, 0.1) is 6.54 Å². The van der Waals surface area contributed by atoms with Crippen molar-refractivity contribution >= 4 is 18.0 Å². The van der Waals surface area contributed by atoms with E-state index in [0.717, 1.165) is 5.56 Å². The number of terminal acetylenes is 1. The van der Waals surface area contributed by atoms with Crippen molar-refractivity contribution in [2.45, 2.75) is 52.0 Å². The molecule has 1 aromatic heterocycles. The smallest absolute Gasteiger partial charge is 0.331 e. The van der Waals surface area contributed by atoms with E-state index in [1.165, 1.54) is 49.6 Å². The molecule has 1 heterocycles. The highest BCUT2D eigenvalue weighted by Gasteiger charge is 2.19. The van der Waals surface area contributed by atoms with E-state index in [1.54, 1.807) is 6.08 Å². The average Bonchev–Trinajstić information content (AvgIpc) is 2.90. The van der Waals surface area contributed by atoms with E-state index in [9.17, 15) is 9.59 Å². The van der Waals surface area contributed by atoms with Gasteiger partial charge in [0, 0.05) is 23.5 Å². The first-order valence-electron chi connectivity index (χ1n) is 8.76. The minimum Gasteiger partial charge on any atom is -0.452 e. The Bertz CT molecular complexity index is 689. The van der Waals surface area contributed by atoms with Crippen LogP contribution in [0.1, 0.15) is 55.1 Å². The van der Waals surface area contributed by atoms with Gasteiger partial charge in [-0.25, -0.2) is 4.79 Å². The van der Waals surface area contributed by atoms with E-state index in [0.29, 0.717) is 6.04 Å². The third-order valence-corrected chi connectivity index (χ3v) is 4.60. The Labute approximate surface area is 149 Å². The molecule has 1 fully saturated rings. The second kappa shape index (κ2) is 9.12. The van der Waals surface area contributed by atoms with Crippen molar-refractivity contribution in [3.05, 3.63) is 29.1 Å². The van der Waals surface area contributed by atoms with Crippen molar-refractivity contribution in [1.82, 2.24) is 9.88 Å². The molecule has 1 aliphatic carbocycles. The lowest BCUT2D eigenvalue weighted by molar-refractivity contribution is -0.143. The first kappa shape index (κ1) is 18.9. The van der Waals surface area contributed by atoms with Gasteiger partial charge in [0.1, 0.15) is 0 Å². The molecule has 0 aliphatic heterocycles. The predicted molar refractivity (Wildman–Crippen MR) is 97.9 cm³/mol. The van der Waals surface area contributed by atoms with Crippen molar-refractivity contribution < 1.29 is 14.3 Å². The fourth-order valence-corrected chi connectivity index (χ4v) is 3.42. The van der Waals surface area contributed by atoms with Gasteiger partial charge >= 0.3 is 5.97 Å². The van der Waals surface area contributed by atoms with Gasteiger partial charge < -0.3 is 14.6 Å². The minimum absolute atomic E-state index is 0.124. The molecule has 0 atom stereocenters. The topological polar surface area (TPSA) is 60.3 Å². The number of carbonyl (C=O) groups is 2. The van der Waals surface area contributed by atoms with Crippen molar-refractivity contribution in [2.24, 2.45) is 0 Å². The Balaban J connectivity index is 1.95. The van der Waals surface area contributed by atoms with Gasteiger partial charge in [-0.15, -0.1) is 6.42 Å². The van der Waals surface area contributed by atoms with Crippen LogP contribution in [0.5, 0.6) is 0 Å². The van der Waals surface area contributed by atoms with Crippen LogP contribution >= 0.6 is 0 Å². The molecule has 1 saturated carbocycles. The zero-order valence-electron chi connectivity index (χ0n) is 15.0. The molecule has 134 valence electrons. The molecule has 5 nitrogen and oxygen atoms in total. The maximum atomic E-state index is 11.8. The fourth-order valence-electron chi connectivity index (χ4n) is 3.42. The van der Waals surface area contributed by atoms with Crippen LogP contribution in [0, 0.1) is 26.2 Å². The third-order valence-electron chi connectivity index (χ3n) is 4.60. The van der Waals surface area contributed by atoms with Gasteiger partial charge in [-0.2, -0.15) is 0 Å². The number of amides is 1. The Hall–Kier alpha value is -2.48. The number of aryl methyl sites for hydroxylation is 1. The quantitative estimate of drug-likeness (QED) is 0.491. The third kappa shape index (κ3) is 5.25. The highest BCUT2D eigenvalue weighted by molar-refractivity contribution is 5.89. The van der Waals surface area contributed by atoms with E-state index in [-0.39, 0.29) is 13.2 Å². The molecule has 1 aliphatic rings. The molecule has 5 heteroatoms. The number of hydrogen-bond acceptors (Lipinski definition) is 3. The molecule has 1 amide bonds. The standard InChI is InChI=1S/C20H26N2O3/c1-4-12-21-19(23)14-25-20(24)11-10-17-13-15(2)22(16(17)3)18-8-6-5-7-9-18/h1,10-11,13,18H,5-9,12,14H2,2-3H3,(H,21,23)/b11-10+. The molecular formula is C20H26N2O3. The Morgan fingerprint density at radius 3 is 2.76 bits per heavy atom. The first-order valence-corrected chi connectivity index (χ1v) is 8.76. The molecule has 25 heavy (non-hydrogen) atoms. The molecule has 0 bridgehead atoms. The van der Waals surface area contributed by atoms with Gasteiger partial charge in [0.15, 0.2) is 6.61 Å². The van der Waals surface area contributed by atoms with E-state index < -0.39 is 11.9 Å². The first-order chi connectivity index (χ1) is 12.0. The van der Waals surface area contributed by atoms with Crippen molar-refractivity contribution in [3.63, 3.8) is 0 Å². The van der Waals surface area contributed by atoms with Crippen molar-refractivity contribution in [2.75, 3.05) is 13.2 Å². The Morgan fingerprint density at radius 1 is 1.36 bits per heavy atom. The number of ether oxygens (including phenoxy) is 1. The van der Waals surface area contributed by atoms with Crippen LogP contribution in [0.3, 0.4) is 0 Å². The number of aromatic nitrogens is 1. The summed E-state index contributed by atoms with van der Waals surface area (Å²) in [4.78, 5) is 23.1. The zero-order chi connectivity index (χ0) is 18.2. The average molecular weight is 342 g/mol. The van der Waals surface area contributed by atoms with Gasteiger partial charge in [-0.05, 0) is 44.4 Å². The van der Waals surface area contributed by atoms with Crippen LogP contribution in [0.15, 0.2) is 12.1 Å². The van der Waals surface area contributed by atoms with Crippen LogP contribution < -0.4 is 5.32 Å². The highest BCUT2D eigenvalue weighted by Crippen LogP contribution is 2.32. The van der Waals surface area contributed by atoms with E-state index in [1.807, 2.05) is 0 Å². The lowest BCUT2D eigenvalue weighted by atomic mass is 9.95. The van der Waals surface area contributed by atoms with Crippen molar-refractivity contribution in [1.29, 1.82) is 0 Å². The van der Waals surface area contributed by atoms with Crippen LogP contribution in [-0.4, -0.2) is 29.6 Å². The molecule has 1 aromatic rings. The van der Waals surface area contributed by atoms with Gasteiger partial charge in [0.2, 0.25) is 0 Å². The van der Waals surface area contributed by atoms with Crippen LogP contribution in [0.2, 0.25) is 0 Å². The van der Waals surface area contributed by atoms with E-state index in [2.05, 4.69) is 35.7 Å². The number of rotatable bonds is 6. The summed E-state index contributed by atoms with van der Waals surface area (Å²) in [5, 5.41) is 2.44. The molecule has 2 rings (SSSR count). The summed E-state index contributed by atoms with van der Waals surface area (Å²) >= 11 is 0. The number of carbonyl (C=O) groups excluding carboxylic acids is 2. The molecule has 0 spiro atoms. The van der Waals surface area contributed by atoms with Gasteiger partial charge in [-0.3, -0.25) is 4.79 Å². The summed E-state index contributed by atoms with van der Waals surface area (Å²) in [7, 11) is 0. The SMILES string of the molecule is C#CCNC(=O)COC(=O)/C=C/c1cc(C)n(C2CCCCC2)c1C. The number of esters is 1. The number of nitrogens with one attached hydrogen (secondary N) is 1. The second-order valence-corrected chi connectivity index (χ2v) is 6.41. The second-order valence-electron chi connectivity index (χ2n) is 6.41. The van der Waals surface area contributed by atoms with Gasteiger partial charge in [-0.1, -0.05) is 25.2 Å². The normalized spacial score (nSPS) is 15.1. The molecule has 0 radical (unpaired) electrons. The Kier molecular flexibility index (Phi) is 6.88. The molecule has 0 aromatic carbocycles. The highest BCUT2D eigenvalue weighted by atomic mass is 16.5. The van der Waals surface area contributed by atoms with E-state index in [4.69, 9.17) is 11.2 Å². The van der Waals surface area contributed by atoms with Crippen LogP contribution in [0.25, 0.3) is 6.08 Å². The summed E-state index contributed by atoms with van der Waals surface area (Å²) in [6.07, 6.45) is 14.5. The van der Waals surface area contributed by atoms with Gasteiger partial charge in [0.25, 0.3) is 5.91 Å². The summed E-state index contributed by atoms with van der Waals surface area (Å²) in [5.74, 6) is 1.33. The van der Waals surface area contributed by atoms with Crippen molar-refractivity contribution in [3.8, 4) is 12.3 Å². The summed E-state index contributed by atoms with van der Waals surface area (Å²) in [6, 6.07) is 2.65. The molecule has 0 saturated heterocycles. The fraction of sp³-hybridized carbons (Fsp3) is 0.500. The monoisotopic (exact) mass is 342 g/mol. The lowest BCUT2D eigenvalue weighted by Crippen LogP contribution is -2.28. The minimum atomic E-state index is -0.543. The summed E-state index contributed by atoms with van der Waals surface area (Å²) in [6.45, 7) is 3.98. The maximum Gasteiger partial charge on any atom is 0.331 e. The summed E-state index contributed by atoms with van der Waals surface area (Å²) < 4.78 is 7.29.